The van der Waals surface area contributed by atoms with Gasteiger partial charge in [0.1, 0.15) is 0 Å². The van der Waals surface area contributed by atoms with Crippen molar-refractivity contribution >= 4 is 17.7 Å². The van der Waals surface area contributed by atoms with E-state index in [-0.39, 0.29) is 0 Å². The van der Waals surface area contributed by atoms with E-state index in [4.69, 9.17) is 5.11 Å². The molecule has 4 saturated carbocycles. The summed E-state index contributed by atoms with van der Waals surface area (Å²) in [7, 11) is 0. The Morgan fingerprint density at radius 3 is 2.12 bits per heavy atom. The molecule has 0 aliphatic heterocycles. The van der Waals surface area contributed by atoms with Crippen molar-refractivity contribution in [2.45, 2.75) is 37.4 Å². The van der Waals surface area contributed by atoms with Crippen LogP contribution in [-0.4, -0.2) is 22.1 Å². The number of rotatable bonds is 4. The summed E-state index contributed by atoms with van der Waals surface area (Å²) in [6.07, 6.45) is 7.11. The van der Waals surface area contributed by atoms with Gasteiger partial charge in [0.2, 0.25) is 0 Å². The highest BCUT2D eigenvalue weighted by molar-refractivity contribution is 8.00. The van der Waals surface area contributed by atoms with Gasteiger partial charge >= 0.3 is 5.97 Å². The topological polar surface area (TPSA) is 37.3 Å². The number of hydrogen-bond donors (Lipinski definition) is 1. The average Bonchev–Trinajstić information content (AvgIpc) is 2.26. The predicted molar refractivity (Wildman–Crippen MR) is 70.1 cm³/mol. The minimum Gasteiger partial charge on any atom is -0.478 e. The zero-order valence-corrected chi connectivity index (χ0v) is 10.9. The van der Waals surface area contributed by atoms with Crippen molar-refractivity contribution in [3.63, 3.8) is 0 Å². The molecule has 4 rings (SSSR count). The molecule has 0 aromatic carbocycles. The molecule has 0 amide bonds. The van der Waals surface area contributed by atoms with Crippen molar-refractivity contribution in [1.82, 2.24) is 0 Å². The Kier molecular flexibility index (Phi) is 2.97. The number of carboxylic acid groups (broad SMARTS) is 1. The van der Waals surface area contributed by atoms with Gasteiger partial charge < -0.3 is 5.11 Å². The van der Waals surface area contributed by atoms with Gasteiger partial charge in [-0.3, -0.25) is 0 Å². The number of carboxylic acids is 1. The van der Waals surface area contributed by atoms with Crippen molar-refractivity contribution in [2.75, 3.05) is 5.75 Å². The molecule has 4 aliphatic carbocycles. The molecule has 0 radical (unpaired) electrons. The fraction of sp³-hybridized carbons (Fsp3) is 0.786. The maximum atomic E-state index is 10.8. The fourth-order valence-electron chi connectivity index (χ4n) is 4.41. The Hall–Kier alpha value is -0.440. The molecule has 0 saturated heterocycles. The normalized spacial score (nSPS) is 42.7. The Morgan fingerprint density at radius 2 is 1.65 bits per heavy atom. The van der Waals surface area contributed by atoms with Gasteiger partial charge in [-0.1, -0.05) is 6.58 Å². The quantitative estimate of drug-likeness (QED) is 0.781. The lowest BCUT2D eigenvalue weighted by Crippen LogP contribution is -2.46. The van der Waals surface area contributed by atoms with E-state index in [2.05, 4.69) is 6.58 Å². The SMILES string of the molecule is C=C(CSC1C2CC3CC(C2)CC1C3)C(=O)O. The summed E-state index contributed by atoms with van der Waals surface area (Å²) in [5.41, 5.74) is 0.365. The molecule has 4 bridgehead atoms. The number of thioether (sulfide) groups is 1. The van der Waals surface area contributed by atoms with Crippen LogP contribution in [0.15, 0.2) is 12.2 Å². The zero-order valence-electron chi connectivity index (χ0n) is 10.1. The van der Waals surface area contributed by atoms with Crippen molar-refractivity contribution in [2.24, 2.45) is 23.7 Å². The van der Waals surface area contributed by atoms with Gasteiger partial charge in [-0.05, 0) is 55.8 Å². The van der Waals surface area contributed by atoms with Crippen LogP contribution in [0.3, 0.4) is 0 Å². The highest BCUT2D eigenvalue weighted by atomic mass is 32.2. The maximum Gasteiger partial charge on any atom is 0.331 e. The molecule has 17 heavy (non-hydrogen) atoms. The lowest BCUT2D eigenvalue weighted by molar-refractivity contribution is -0.132. The molecule has 1 N–H and O–H groups in total. The fourth-order valence-corrected chi connectivity index (χ4v) is 5.91. The first-order chi connectivity index (χ1) is 8.13. The molecule has 4 fully saturated rings. The van der Waals surface area contributed by atoms with Crippen LogP contribution < -0.4 is 0 Å². The standard InChI is InChI=1S/C14H20O2S/c1-8(14(15)16)7-17-13-11-3-9-2-10(5-11)6-12(13)4-9/h9-13H,1-7H2,(H,15,16). The second-order valence-electron chi connectivity index (χ2n) is 6.12. The van der Waals surface area contributed by atoms with E-state index in [9.17, 15) is 4.79 Å². The Balaban J connectivity index is 1.61. The molecular formula is C14H20O2S. The maximum absolute atomic E-state index is 10.8. The summed E-state index contributed by atoms with van der Waals surface area (Å²) in [6, 6.07) is 0. The van der Waals surface area contributed by atoms with E-state index in [0.29, 0.717) is 11.3 Å². The Labute approximate surface area is 107 Å². The first-order valence-corrected chi connectivity index (χ1v) is 7.71. The highest BCUT2D eigenvalue weighted by Gasteiger charge is 2.48. The van der Waals surface area contributed by atoms with Crippen LogP contribution in [0.25, 0.3) is 0 Å². The third kappa shape index (κ3) is 2.14. The minimum atomic E-state index is -0.832. The molecule has 0 heterocycles. The molecular weight excluding hydrogens is 232 g/mol. The first kappa shape index (κ1) is 11.6. The highest BCUT2D eigenvalue weighted by Crippen LogP contribution is 2.57. The third-order valence-electron chi connectivity index (χ3n) is 4.89. The molecule has 94 valence electrons. The van der Waals surface area contributed by atoms with Crippen LogP contribution in [0.1, 0.15) is 32.1 Å². The van der Waals surface area contributed by atoms with Gasteiger partial charge in [-0.2, -0.15) is 11.8 Å². The van der Waals surface area contributed by atoms with Gasteiger partial charge in [-0.25, -0.2) is 4.79 Å². The molecule has 0 atom stereocenters. The van der Waals surface area contributed by atoms with Crippen molar-refractivity contribution in [3.8, 4) is 0 Å². The van der Waals surface area contributed by atoms with E-state index in [1.165, 1.54) is 32.1 Å². The van der Waals surface area contributed by atoms with Crippen LogP contribution in [0, 0.1) is 23.7 Å². The molecule has 4 aliphatic rings. The number of carbonyl (C=O) groups is 1. The molecule has 2 nitrogen and oxygen atoms in total. The lowest BCUT2D eigenvalue weighted by Gasteiger charge is -2.54. The van der Waals surface area contributed by atoms with E-state index in [0.717, 1.165) is 28.9 Å². The number of aliphatic carboxylic acids is 1. The number of hydrogen-bond acceptors (Lipinski definition) is 2. The van der Waals surface area contributed by atoms with Crippen molar-refractivity contribution in [1.29, 1.82) is 0 Å². The summed E-state index contributed by atoms with van der Waals surface area (Å²) in [4.78, 5) is 10.8. The largest absolute Gasteiger partial charge is 0.478 e. The van der Waals surface area contributed by atoms with E-state index >= 15 is 0 Å². The predicted octanol–water partition coefficient (Wildman–Crippen LogP) is 3.19. The summed E-state index contributed by atoms with van der Waals surface area (Å²) in [5, 5.41) is 9.57. The van der Waals surface area contributed by atoms with Crippen molar-refractivity contribution in [3.05, 3.63) is 12.2 Å². The van der Waals surface area contributed by atoms with Gasteiger partial charge in [0, 0.05) is 16.6 Å². The Bertz CT molecular complexity index is 322. The Morgan fingerprint density at radius 1 is 1.12 bits per heavy atom. The van der Waals surface area contributed by atoms with Gasteiger partial charge in [-0.15, -0.1) is 0 Å². The van der Waals surface area contributed by atoms with Crippen LogP contribution >= 0.6 is 11.8 Å². The summed E-state index contributed by atoms with van der Waals surface area (Å²) in [5.74, 6) is 3.52. The van der Waals surface area contributed by atoms with E-state index in [1.807, 2.05) is 11.8 Å². The van der Waals surface area contributed by atoms with Crippen LogP contribution in [0.2, 0.25) is 0 Å². The van der Waals surface area contributed by atoms with Crippen molar-refractivity contribution < 1.29 is 9.90 Å². The molecule has 0 aromatic heterocycles. The van der Waals surface area contributed by atoms with Crippen LogP contribution in [0.5, 0.6) is 0 Å². The van der Waals surface area contributed by atoms with Gasteiger partial charge in [0.05, 0.1) is 0 Å². The van der Waals surface area contributed by atoms with E-state index < -0.39 is 5.97 Å². The van der Waals surface area contributed by atoms with Crippen LogP contribution in [-0.2, 0) is 4.79 Å². The minimum absolute atomic E-state index is 0.365. The molecule has 3 heteroatoms. The first-order valence-electron chi connectivity index (χ1n) is 6.66. The second-order valence-corrected chi connectivity index (χ2v) is 7.28. The summed E-state index contributed by atoms with van der Waals surface area (Å²) >= 11 is 1.87. The van der Waals surface area contributed by atoms with Gasteiger partial charge in [0.25, 0.3) is 0 Å². The lowest BCUT2D eigenvalue weighted by atomic mass is 9.56. The summed E-state index contributed by atoms with van der Waals surface area (Å²) < 4.78 is 0. The van der Waals surface area contributed by atoms with E-state index in [1.54, 1.807) is 0 Å². The monoisotopic (exact) mass is 252 g/mol. The van der Waals surface area contributed by atoms with Crippen LogP contribution in [0.4, 0.5) is 0 Å². The molecule has 0 aromatic rings. The third-order valence-corrected chi connectivity index (χ3v) is 6.56. The molecule has 0 unspecified atom stereocenters. The summed E-state index contributed by atoms with van der Waals surface area (Å²) in [6.45, 7) is 3.64. The smallest absolute Gasteiger partial charge is 0.331 e. The van der Waals surface area contributed by atoms with Gasteiger partial charge in [0.15, 0.2) is 0 Å². The zero-order chi connectivity index (χ0) is 12.0. The second kappa shape index (κ2) is 4.34. The molecule has 0 spiro atoms. The average molecular weight is 252 g/mol.